The lowest BCUT2D eigenvalue weighted by Gasteiger charge is -2.10. The van der Waals surface area contributed by atoms with Crippen LogP contribution in [0.2, 0.25) is 0 Å². The Labute approximate surface area is 140 Å². The maximum atomic E-state index is 13.5. The summed E-state index contributed by atoms with van der Waals surface area (Å²) in [4.78, 5) is 22.8. The molecule has 0 aliphatic carbocycles. The summed E-state index contributed by atoms with van der Waals surface area (Å²) >= 11 is 0. The van der Waals surface area contributed by atoms with Gasteiger partial charge in [-0.25, -0.2) is 4.39 Å². The second-order valence-electron chi connectivity index (χ2n) is 5.17. The van der Waals surface area contributed by atoms with E-state index in [1.165, 1.54) is 30.3 Å². The molecule has 0 bridgehead atoms. The summed E-state index contributed by atoms with van der Waals surface area (Å²) < 4.78 is 50.2. The van der Waals surface area contributed by atoms with Crippen LogP contribution in [0.15, 0.2) is 48.5 Å². The number of benzene rings is 2. The van der Waals surface area contributed by atoms with Crippen molar-refractivity contribution in [1.82, 2.24) is 0 Å². The number of hydrogen-bond acceptors (Lipinski definition) is 2. The average Bonchev–Trinajstić information content (AvgIpc) is 2.53. The van der Waals surface area contributed by atoms with Crippen molar-refractivity contribution in [2.45, 2.75) is 19.0 Å². The monoisotopic (exact) mass is 354 g/mol. The number of anilines is 2. The van der Waals surface area contributed by atoms with E-state index in [0.717, 1.165) is 0 Å². The van der Waals surface area contributed by atoms with Gasteiger partial charge in [0.15, 0.2) is 0 Å². The summed E-state index contributed by atoms with van der Waals surface area (Å²) in [5.74, 6) is -2.94. The predicted molar refractivity (Wildman–Crippen MR) is 84.5 cm³/mol. The number of carbonyl (C=O) groups is 2. The average molecular weight is 354 g/mol. The van der Waals surface area contributed by atoms with E-state index in [1.807, 2.05) is 0 Å². The number of halogens is 4. The van der Waals surface area contributed by atoms with Gasteiger partial charge >= 0.3 is 12.1 Å². The number of carbonyl (C=O) groups excluding carboxylic acids is 2. The van der Waals surface area contributed by atoms with E-state index in [-0.39, 0.29) is 24.2 Å². The summed E-state index contributed by atoms with van der Waals surface area (Å²) in [6.07, 6.45) is -4.82. The smallest absolute Gasteiger partial charge is 0.326 e. The van der Waals surface area contributed by atoms with Crippen LogP contribution in [0.4, 0.5) is 28.9 Å². The van der Waals surface area contributed by atoms with Crippen molar-refractivity contribution in [3.63, 3.8) is 0 Å². The Morgan fingerprint density at radius 2 is 1.56 bits per heavy atom. The molecule has 2 rings (SSSR count). The molecule has 8 heteroatoms. The van der Waals surface area contributed by atoms with Gasteiger partial charge in [-0.1, -0.05) is 24.3 Å². The molecule has 0 heterocycles. The van der Waals surface area contributed by atoms with Gasteiger partial charge in [0.1, 0.15) is 5.82 Å². The maximum Gasteiger partial charge on any atom is 0.471 e. The zero-order valence-electron chi connectivity index (χ0n) is 12.9. The van der Waals surface area contributed by atoms with Crippen LogP contribution in [0.5, 0.6) is 0 Å². The van der Waals surface area contributed by atoms with Gasteiger partial charge in [-0.3, -0.25) is 9.59 Å². The third-order valence-electron chi connectivity index (χ3n) is 3.24. The molecule has 0 spiro atoms. The number of nitrogens with one attached hydrogen (secondary N) is 2. The zero-order chi connectivity index (χ0) is 18.4. The first-order valence-corrected chi connectivity index (χ1v) is 7.27. The molecular weight excluding hydrogens is 340 g/mol. The van der Waals surface area contributed by atoms with Gasteiger partial charge in [-0.2, -0.15) is 13.2 Å². The van der Waals surface area contributed by atoms with Crippen molar-refractivity contribution in [1.29, 1.82) is 0 Å². The minimum atomic E-state index is -5.00. The fourth-order valence-corrected chi connectivity index (χ4v) is 2.05. The molecule has 2 amide bonds. The molecule has 0 saturated heterocycles. The Morgan fingerprint density at radius 1 is 0.920 bits per heavy atom. The molecule has 0 aromatic heterocycles. The SMILES string of the molecule is O=C(CCc1ccccc1F)Nc1cccc(NC(=O)C(F)(F)F)c1. The lowest BCUT2D eigenvalue weighted by Crippen LogP contribution is -2.29. The molecule has 0 aliphatic heterocycles. The molecular formula is C17H14F4N2O2. The van der Waals surface area contributed by atoms with Crippen molar-refractivity contribution in [2.24, 2.45) is 0 Å². The molecule has 132 valence electrons. The molecule has 25 heavy (non-hydrogen) atoms. The normalized spacial score (nSPS) is 11.0. The molecule has 0 fully saturated rings. The van der Waals surface area contributed by atoms with Crippen molar-refractivity contribution < 1.29 is 27.2 Å². The van der Waals surface area contributed by atoms with Crippen molar-refractivity contribution in [2.75, 3.05) is 10.6 Å². The van der Waals surface area contributed by atoms with Crippen molar-refractivity contribution in [3.8, 4) is 0 Å². The van der Waals surface area contributed by atoms with Gasteiger partial charge in [0.05, 0.1) is 0 Å². The third kappa shape index (κ3) is 5.59. The van der Waals surface area contributed by atoms with Crippen LogP contribution >= 0.6 is 0 Å². The van der Waals surface area contributed by atoms with Crippen molar-refractivity contribution >= 4 is 23.2 Å². The van der Waals surface area contributed by atoms with Gasteiger partial charge in [0.25, 0.3) is 0 Å². The number of amides is 2. The Bertz CT molecular complexity index is 775. The highest BCUT2D eigenvalue weighted by Gasteiger charge is 2.38. The van der Waals surface area contributed by atoms with E-state index < -0.39 is 23.8 Å². The quantitative estimate of drug-likeness (QED) is 0.800. The summed E-state index contributed by atoms with van der Waals surface area (Å²) in [6, 6.07) is 11.4. The van der Waals surface area contributed by atoms with Crippen LogP contribution in [0, 0.1) is 5.82 Å². The number of alkyl halides is 3. The summed E-state index contributed by atoms with van der Waals surface area (Å²) in [5, 5.41) is 4.19. The van der Waals surface area contributed by atoms with Crippen LogP contribution in [0.25, 0.3) is 0 Å². The molecule has 0 saturated carbocycles. The van der Waals surface area contributed by atoms with E-state index in [0.29, 0.717) is 5.56 Å². The first kappa shape index (κ1) is 18.4. The van der Waals surface area contributed by atoms with E-state index in [9.17, 15) is 27.2 Å². The molecule has 0 aliphatic rings. The van der Waals surface area contributed by atoms with Gasteiger partial charge in [-0.05, 0) is 36.2 Å². The standard InChI is InChI=1S/C17H14F4N2O2/c18-14-7-2-1-4-11(14)8-9-15(24)22-12-5-3-6-13(10-12)23-16(25)17(19,20)21/h1-7,10H,8-9H2,(H,22,24)(H,23,25). The lowest BCUT2D eigenvalue weighted by molar-refractivity contribution is -0.167. The molecule has 2 aromatic carbocycles. The van der Waals surface area contributed by atoms with Crippen LogP contribution < -0.4 is 10.6 Å². The Balaban J connectivity index is 1.94. The van der Waals surface area contributed by atoms with Crippen LogP contribution in [0.1, 0.15) is 12.0 Å². The number of hydrogen-bond donors (Lipinski definition) is 2. The van der Waals surface area contributed by atoms with E-state index in [4.69, 9.17) is 0 Å². The van der Waals surface area contributed by atoms with Gasteiger partial charge in [0, 0.05) is 17.8 Å². The highest BCUT2D eigenvalue weighted by Crippen LogP contribution is 2.20. The topological polar surface area (TPSA) is 58.2 Å². The van der Waals surface area contributed by atoms with E-state index >= 15 is 0 Å². The summed E-state index contributed by atoms with van der Waals surface area (Å²) in [6.45, 7) is 0. The number of aryl methyl sites for hydroxylation is 1. The zero-order valence-corrected chi connectivity index (χ0v) is 12.9. The fourth-order valence-electron chi connectivity index (χ4n) is 2.05. The van der Waals surface area contributed by atoms with Crippen molar-refractivity contribution in [3.05, 3.63) is 59.9 Å². The van der Waals surface area contributed by atoms with E-state index in [2.05, 4.69) is 5.32 Å². The van der Waals surface area contributed by atoms with Crippen LogP contribution in [-0.2, 0) is 16.0 Å². The Kier molecular flexibility index (Phi) is 5.74. The minimum Gasteiger partial charge on any atom is -0.326 e. The second-order valence-corrected chi connectivity index (χ2v) is 5.17. The molecule has 2 N–H and O–H groups in total. The highest BCUT2D eigenvalue weighted by atomic mass is 19.4. The van der Waals surface area contributed by atoms with Gasteiger partial charge in [-0.15, -0.1) is 0 Å². The van der Waals surface area contributed by atoms with Gasteiger partial charge in [0.2, 0.25) is 5.91 Å². The van der Waals surface area contributed by atoms with E-state index in [1.54, 1.807) is 23.5 Å². The summed E-state index contributed by atoms with van der Waals surface area (Å²) in [7, 11) is 0. The van der Waals surface area contributed by atoms with Gasteiger partial charge < -0.3 is 10.6 Å². The molecule has 0 radical (unpaired) electrons. The third-order valence-corrected chi connectivity index (χ3v) is 3.24. The van der Waals surface area contributed by atoms with Crippen LogP contribution in [0.3, 0.4) is 0 Å². The Hall–Kier alpha value is -2.90. The molecule has 4 nitrogen and oxygen atoms in total. The van der Waals surface area contributed by atoms with Crippen LogP contribution in [-0.4, -0.2) is 18.0 Å². The molecule has 0 atom stereocenters. The molecule has 2 aromatic rings. The second kappa shape index (κ2) is 7.78. The first-order valence-electron chi connectivity index (χ1n) is 7.27. The predicted octanol–water partition coefficient (Wildman–Crippen LogP) is 3.90. The Morgan fingerprint density at radius 3 is 2.20 bits per heavy atom. The minimum absolute atomic E-state index is 0.0000706. The maximum absolute atomic E-state index is 13.5. The lowest BCUT2D eigenvalue weighted by atomic mass is 10.1. The molecule has 0 unspecified atom stereocenters. The largest absolute Gasteiger partial charge is 0.471 e. The fraction of sp³-hybridized carbons (Fsp3) is 0.176. The number of rotatable bonds is 5. The summed E-state index contributed by atoms with van der Waals surface area (Å²) in [5.41, 5.74) is 0.511. The first-order chi connectivity index (χ1) is 11.8. The highest BCUT2D eigenvalue weighted by molar-refractivity contribution is 5.96.